The maximum absolute atomic E-state index is 12.7. The molecule has 0 aromatic rings. The summed E-state index contributed by atoms with van der Waals surface area (Å²) in [6.45, 7) is 1.82. The van der Waals surface area contributed by atoms with Crippen LogP contribution in [0.25, 0.3) is 0 Å². The molecule has 1 saturated heterocycles. The highest BCUT2D eigenvalue weighted by molar-refractivity contribution is 5.97. The van der Waals surface area contributed by atoms with Crippen LogP contribution in [0.1, 0.15) is 39.0 Å². The fourth-order valence-corrected chi connectivity index (χ4v) is 3.51. The van der Waals surface area contributed by atoms with Gasteiger partial charge in [0.1, 0.15) is 12.1 Å². The van der Waals surface area contributed by atoms with Gasteiger partial charge in [0.2, 0.25) is 11.8 Å². The fourth-order valence-electron chi connectivity index (χ4n) is 3.51. The van der Waals surface area contributed by atoms with Crippen LogP contribution in [0.5, 0.6) is 0 Å². The van der Waals surface area contributed by atoms with Crippen molar-refractivity contribution in [3.8, 4) is 0 Å². The molecule has 5 nitrogen and oxygen atoms in total. The Bertz CT molecular complexity index is 394. The molecule has 5 heteroatoms. The topological polar surface area (TPSA) is 58.6 Å². The van der Waals surface area contributed by atoms with Crippen molar-refractivity contribution < 1.29 is 14.3 Å². The summed E-state index contributed by atoms with van der Waals surface area (Å²) < 4.78 is 5.49. The second-order valence-electron chi connectivity index (χ2n) is 6.02. The predicted octanol–water partition coefficient (Wildman–Crippen LogP) is 0.679. The molecule has 1 aliphatic heterocycles. The van der Waals surface area contributed by atoms with Gasteiger partial charge >= 0.3 is 0 Å². The zero-order valence-corrected chi connectivity index (χ0v) is 11.6. The Kier molecular flexibility index (Phi) is 3.25. The van der Waals surface area contributed by atoms with Crippen LogP contribution in [0, 0.1) is 5.92 Å². The molecule has 0 bridgehead atoms. The van der Waals surface area contributed by atoms with Crippen LogP contribution in [-0.2, 0) is 14.3 Å². The molecule has 0 aromatic carbocycles. The van der Waals surface area contributed by atoms with Gasteiger partial charge in [-0.05, 0) is 44.9 Å². The highest BCUT2D eigenvalue weighted by Crippen LogP contribution is 2.37. The minimum atomic E-state index is -0.372. The molecule has 3 rings (SSSR count). The summed E-state index contributed by atoms with van der Waals surface area (Å²) in [6.07, 6.45) is 5.17. The van der Waals surface area contributed by atoms with E-state index in [1.807, 2.05) is 11.8 Å². The minimum absolute atomic E-state index is 0.0155. The zero-order chi connectivity index (χ0) is 13.6. The Morgan fingerprint density at radius 1 is 1.21 bits per heavy atom. The quantitative estimate of drug-likeness (QED) is 0.817. The monoisotopic (exact) mass is 266 g/mol. The molecule has 0 radical (unpaired) electrons. The van der Waals surface area contributed by atoms with Crippen LogP contribution < -0.4 is 5.32 Å². The van der Waals surface area contributed by atoms with E-state index in [-0.39, 0.29) is 36.0 Å². The molecule has 19 heavy (non-hydrogen) atoms. The Morgan fingerprint density at radius 2 is 1.95 bits per heavy atom. The molecule has 4 atom stereocenters. The number of carbonyl (C=O) groups excluding carboxylic acids is 2. The number of hydrogen-bond acceptors (Lipinski definition) is 3. The molecule has 0 spiro atoms. The van der Waals surface area contributed by atoms with E-state index < -0.39 is 0 Å². The lowest BCUT2D eigenvalue weighted by atomic mass is 10.0. The summed E-state index contributed by atoms with van der Waals surface area (Å²) in [5, 5.41) is 2.89. The van der Waals surface area contributed by atoms with Gasteiger partial charge in [0.25, 0.3) is 0 Å². The van der Waals surface area contributed by atoms with Crippen LogP contribution in [0.2, 0.25) is 0 Å². The van der Waals surface area contributed by atoms with E-state index in [1.54, 1.807) is 7.11 Å². The number of carbonyl (C=O) groups is 2. The standard InChI is InChI=1S/C14H22N2O3/c1-8-13(17)15-12(9-6-7-9)14(18)16(8)10-4-3-5-11(10)19-2/h8-12H,3-7H2,1-2H3,(H,15,17). The van der Waals surface area contributed by atoms with Crippen molar-refractivity contribution in [2.45, 2.75) is 63.3 Å². The first-order valence-corrected chi connectivity index (χ1v) is 7.29. The minimum Gasteiger partial charge on any atom is -0.379 e. The Balaban J connectivity index is 1.83. The highest BCUT2D eigenvalue weighted by atomic mass is 16.5. The zero-order valence-electron chi connectivity index (χ0n) is 11.6. The fraction of sp³-hybridized carbons (Fsp3) is 0.857. The molecule has 0 aromatic heterocycles. The van der Waals surface area contributed by atoms with Crippen molar-refractivity contribution in [1.82, 2.24) is 10.2 Å². The molecule has 3 aliphatic rings. The van der Waals surface area contributed by atoms with Gasteiger partial charge < -0.3 is 15.0 Å². The van der Waals surface area contributed by atoms with E-state index in [2.05, 4.69) is 5.32 Å². The van der Waals surface area contributed by atoms with Crippen LogP contribution >= 0.6 is 0 Å². The molecule has 2 amide bonds. The van der Waals surface area contributed by atoms with E-state index in [0.717, 1.165) is 32.1 Å². The van der Waals surface area contributed by atoms with Gasteiger partial charge in [-0.3, -0.25) is 9.59 Å². The molecule has 2 aliphatic carbocycles. The lowest BCUT2D eigenvalue weighted by Crippen LogP contribution is -2.66. The third-order valence-electron chi connectivity index (χ3n) is 4.79. The summed E-state index contributed by atoms with van der Waals surface area (Å²) in [4.78, 5) is 26.6. The first-order chi connectivity index (χ1) is 9.13. The molecule has 3 fully saturated rings. The second-order valence-corrected chi connectivity index (χ2v) is 6.02. The van der Waals surface area contributed by atoms with E-state index in [9.17, 15) is 9.59 Å². The third kappa shape index (κ3) is 2.14. The Hall–Kier alpha value is -1.10. The molecule has 106 valence electrons. The molecular weight excluding hydrogens is 244 g/mol. The van der Waals surface area contributed by atoms with Crippen LogP contribution in [0.15, 0.2) is 0 Å². The van der Waals surface area contributed by atoms with Gasteiger partial charge in [-0.2, -0.15) is 0 Å². The number of rotatable bonds is 3. The Labute approximate surface area is 113 Å². The average molecular weight is 266 g/mol. The summed E-state index contributed by atoms with van der Waals surface area (Å²) in [5.41, 5.74) is 0. The van der Waals surface area contributed by atoms with Crippen molar-refractivity contribution in [3.63, 3.8) is 0 Å². The number of piperazine rings is 1. The van der Waals surface area contributed by atoms with Crippen LogP contribution in [0.3, 0.4) is 0 Å². The summed E-state index contributed by atoms with van der Waals surface area (Å²) in [7, 11) is 1.69. The largest absolute Gasteiger partial charge is 0.379 e. The Morgan fingerprint density at radius 3 is 2.58 bits per heavy atom. The lowest BCUT2D eigenvalue weighted by molar-refractivity contribution is -0.154. The maximum atomic E-state index is 12.7. The summed E-state index contributed by atoms with van der Waals surface area (Å²) in [6, 6.07) is -0.593. The van der Waals surface area contributed by atoms with E-state index in [1.165, 1.54) is 0 Å². The van der Waals surface area contributed by atoms with Crippen LogP contribution in [-0.4, -0.2) is 48.1 Å². The number of amides is 2. The smallest absolute Gasteiger partial charge is 0.246 e. The lowest BCUT2D eigenvalue weighted by Gasteiger charge is -2.42. The summed E-state index contributed by atoms with van der Waals surface area (Å²) >= 11 is 0. The first kappa shape index (κ1) is 12.9. The molecule has 4 unspecified atom stereocenters. The van der Waals surface area contributed by atoms with Gasteiger partial charge in [-0.15, -0.1) is 0 Å². The van der Waals surface area contributed by atoms with Crippen molar-refractivity contribution in [2.24, 2.45) is 5.92 Å². The molecule has 1 N–H and O–H groups in total. The van der Waals surface area contributed by atoms with Gasteiger partial charge in [0, 0.05) is 7.11 Å². The number of nitrogens with one attached hydrogen (secondary N) is 1. The van der Waals surface area contributed by atoms with E-state index >= 15 is 0 Å². The van der Waals surface area contributed by atoms with Crippen molar-refractivity contribution in [1.29, 1.82) is 0 Å². The number of nitrogens with zero attached hydrogens (tertiary/aromatic N) is 1. The van der Waals surface area contributed by atoms with Gasteiger partial charge in [-0.25, -0.2) is 0 Å². The second kappa shape index (κ2) is 4.78. The van der Waals surface area contributed by atoms with Crippen molar-refractivity contribution >= 4 is 11.8 Å². The maximum Gasteiger partial charge on any atom is 0.246 e. The van der Waals surface area contributed by atoms with Gasteiger partial charge in [0.15, 0.2) is 0 Å². The van der Waals surface area contributed by atoms with Crippen molar-refractivity contribution in [2.75, 3.05) is 7.11 Å². The number of methoxy groups -OCH3 is 1. The SMILES string of the molecule is COC1CCCC1N1C(=O)C(C2CC2)NC(=O)C1C. The summed E-state index contributed by atoms with van der Waals surface area (Å²) in [5.74, 6) is 0.440. The van der Waals surface area contributed by atoms with Gasteiger partial charge in [-0.1, -0.05) is 0 Å². The van der Waals surface area contributed by atoms with Crippen molar-refractivity contribution in [3.05, 3.63) is 0 Å². The number of hydrogen-bond donors (Lipinski definition) is 1. The van der Waals surface area contributed by atoms with E-state index in [4.69, 9.17) is 4.74 Å². The predicted molar refractivity (Wildman–Crippen MR) is 69.4 cm³/mol. The molecule has 1 heterocycles. The third-order valence-corrected chi connectivity index (χ3v) is 4.79. The van der Waals surface area contributed by atoms with Gasteiger partial charge in [0.05, 0.1) is 12.1 Å². The number of ether oxygens (including phenoxy) is 1. The molecular formula is C14H22N2O3. The first-order valence-electron chi connectivity index (χ1n) is 7.29. The van der Waals surface area contributed by atoms with Crippen LogP contribution in [0.4, 0.5) is 0 Å². The molecule has 2 saturated carbocycles. The average Bonchev–Trinajstić information content (AvgIpc) is 3.13. The highest BCUT2D eigenvalue weighted by Gasteiger charge is 2.49. The van der Waals surface area contributed by atoms with E-state index in [0.29, 0.717) is 5.92 Å². The normalized spacial score (nSPS) is 39.6.